The van der Waals surface area contributed by atoms with Crippen LogP contribution in [0.4, 0.5) is 0 Å². The van der Waals surface area contributed by atoms with Gasteiger partial charge in [0.05, 0.1) is 6.61 Å². The van der Waals surface area contributed by atoms with Crippen molar-refractivity contribution < 1.29 is 24.6 Å². The fourth-order valence-electron chi connectivity index (χ4n) is 2.75. The molecular weight excluding hydrogens is 298 g/mol. The molecule has 1 aromatic heterocycles. The minimum Gasteiger partial charge on any atom is -0.393 e. The molecule has 0 aliphatic carbocycles. The van der Waals surface area contributed by atoms with Crippen LogP contribution >= 0.6 is 0 Å². The number of fused-ring (bicyclic) bond motifs is 2. The molecule has 2 fully saturated rings. The molecule has 1 aromatic rings. The maximum absolute atomic E-state index is 12.1. The van der Waals surface area contributed by atoms with E-state index in [-0.39, 0.29) is 5.56 Å². The zero-order valence-electron chi connectivity index (χ0n) is 11.8. The van der Waals surface area contributed by atoms with E-state index in [1.165, 1.54) is 20.2 Å². The van der Waals surface area contributed by atoms with Crippen LogP contribution in [0.25, 0.3) is 0 Å². The number of aromatic amines is 1. The quantitative estimate of drug-likeness (QED) is 0.538. The predicted molar refractivity (Wildman–Crippen MR) is 69.6 cm³/mol. The van der Waals surface area contributed by atoms with Gasteiger partial charge in [0, 0.05) is 18.8 Å². The number of nitrogens with one attached hydrogen (secondary N) is 1. The van der Waals surface area contributed by atoms with Gasteiger partial charge in [-0.3, -0.25) is 24.0 Å². The Morgan fingerprint density at radius 2 is 2.09 bits per heavy atom. The molecule has 3 heterocycles. The molecule has 0 aromatic carbocycles. The number of carbonyl (C=O) groups excluding carboxylic acids is 1. The van der Waals surface area contributed by atoms with Gasteiger partial charge in [-0.25, -0.2) is 9.86 Å². The monoisotopic (exact) mass is 313 g/mol. The highest BCUT2D eigenvalue weighted by atomic mass is 16.7. The number of aryl methyl sites for hydroxylation is 1. The van der Waals surface area contributed by atoms with Crippen molar-refractivity contribution in [2.45, 2.75) is 31.0 Å². The van der Waals surface area contributed by atoms with Crippen molar-refractivity contribution in [3.8, 4) is 0 Å². The summed E-state index contributed by atoms with van der Waals surface area (Å²) in [6.45, 7) is 0.719. The van der Waals surface area contributed by atoms with E-state index in [4.69, 9.17) is 9.57 Å². The molecular formula is C12H15N3O7. The van der Waals surface area contributed by atoms with Crippen LogP contribution in [0, 0.1) is 6.92 Å². The fraction of sp³-hybridized carbons (Fsp3) is 0.583. The Bertz CT molecular complexity index is 741. The van der Waals surface area contributed by atoms with E-state index < -0.39 is 47.8 Å². The summed E-state index contributed by atoms with van der Waals surface area (Å²) in [7, 11) is 1.32. The lowest BCUT2D eigenvalue weighted by molar-refractivity contribution is -0.245. The van der Waals surface area contributed by atoms with Crippen LogP contribution in [-0.4, -0.2) is 62.2 Å². The van der Waals surface area contributed by atoms with Crippen LogP contribution in [-0.2, 0) is 14.4 Å². The summed E-state index contributed by atoms with van der Waals surface area (Å²) in [5, 5.41) is 20.6. The number of nitrogens with zero attached hydrogens (tertiary/aromatic N) is 2. The third-order valence-corrected chi connectivity index (χ3v) is 3.98. The van der Waals surface area contributed by atoms with Crippen molar-refractivity contribution in [2.75, 3.05) is 13.7 Å². The SMILES string of the molecule is Cc1cn([C@@H]2O[C@@]3(CO)C(=O)N(C)O[C@@H]2[C@@H]3O)c(=O)[nH]c1=O. The molecule has 2 saturated heterocycles. The summed E-state index contributed by atoms with van der Waals surface area (Å²) >= 11 is 0. The van der Waals surface area contributed by atoms with Crippen LogP contribution < -0.4 is 11.2 Å². The zero-order valence-corrected chi connectivity index (χ0v) is 11.8. The number of ether oxygens (including phenoxy) is 1. The third kappa shape index (κ3) is 1.78. The Labute approximate surface area is 123 Å². The molecule has 2 aliphatic rings. The number of aliphatic hydroxyl groups is 2. The van der Waals surface area contributed by atoms with Gasteiger partial charge < -0.3 is 14.9 Å². The van der Waals surface area contributed by atoms with Gasteiger partial charge in [0.25, 0.3) is 11.5 Å². The highest BCUT2D eigenvalue weighted by molar-refractivity contribution is 5.86. The van der Waals surface area contributed by atoms with Crippen molar-refractivity contribution in [1.29, 1.82) is 0 Å². The first kappa shape index (κ1) is 14.9. The molecule has 10 nitrogen and oxygen atoms in total. The lowest BCUT2D eigenvalue weighted by atomic mass is 9.93. The third-order valence-electron chi connectivity index (χ3n) is 3.98. The number of hydroxylamine groups is 2. The van der Waals surface area contributed by atoms with E-state index in [2.05, 4.69) is 4.98 Å². The van der Waals surface area contributed by atoms with Crippen LogP contribution in [0.15, 0.2) is 15.8 Å². The topological polar surface area (TPSA) is 134 Å². The van der Waals surface area contributed by atoms with E-state index >= 15 is 0 Å². The molecule has 3 N–H and O–H groups in total. The van der Waals surface area contributed by atoms with E-state index in [1.807, 2.05) is 0 Å². The molecule has 0 spiro atoms. The second-order valence-corrected chi connectivity index (χ2v) is 5.35. The van der Waals surface area contributed by atoms with E-state index in [1.54, 1.807) is 0 Å². The van der Waals surface area contributed by atoms with Gasteiger partial charge in [-0.15, -0.1) is 0 Å². The molecule has 120 valence electrons. The molecule has 2 aliphatic heterocycles. The number of aliphatic hydroxyl groups excluding tert-OH is 2. The van der Waals surface area contributed by atoms with Gasteiger partial charge in [0.2, 0.25) is 5.60 Å². The first-order chi connectivity index (χ1) is 10.3. The van der Waals surface area contributed by atoms with Crippen molar-refractivity contribution in [3.63, 3.8) is 0 Å². The van der Waals surface area contributed by atoms with Crippen molar-refractivity contribution in [1.82, 2.24) is 14.6 Å². The molecule has 3 rings (SSSR count). The first-order valence-electron chi connectivity index (χ1n) is 6.55. The van der Waals surface area contributed by atoms with Crippen molar-refractivity contribution in [3.05, 3.63) is 32.6 Å². The summed E-state index contributed by atoms with van der Waals surface area (Å²) in [6, 6.07) is 0. The lowest BCUT2D eigenvalue weighted by Crippen LogP contribution is -2.62. The Morgan fingerprint density at radius 3 is 2.73 bits per heavy atom. The highest BCUT2D eigenvalue weighted by Gasteiger charge is 2.65. The fourth-order valence-corrected chi connectivity index (χ4v) is 2.75. The van der Waals surface area contributed by atoms with Crippen LogP contribution in [0.5, 0.6) is 0 Å². The number of carbonyl (C=O) groups is 1. The summed E-state index contributed by atoms with van der Waals surface area (Å²) in [5.74, 6) is -0.754. The molecule has 10 heteroatoms. The number of likely N-dealkylation sites (N-methyl/N-ethyl adjacent to an activating group) is 1. The van der Waals surface area contributed by atoms with Crippen molar-refractivity contribution >= 4 is 5.91 Å². The first-order valence-corrected chi connectivity index (χ1v) is 6.55. The standard InChI is InChI=1S/C12H15N3O7/c1-5-3-15(11(20)13-8(5)18)9-6-7(17)12(4-16,21-9)10(19)14(2)22-6/h3,6-7,9,16-17H,4H2,1-2H3,(H,13,18,20)/t6-,7+,9-,12-/m1/s1. The van der Waals surface area contributed by atoms with Crippen LogP contribution in [0.1, 0.15) is 11.8 Å². The van der Waals surface area contributed by atoms with E-state index in [0.717, 1.165) is 9.63 Å². The maximum atomic E-state index is 12.1. The van der Waals surface area contributed by atoms with Gasteiger partial charge in [-0.1, -0.05) is 0 Å². The van der Waals surface area contributed by atoms with E-state index in [0.29, 0.717) is 0 Å². The molecule has 4 atom stereocenters. The van der Waals surface area contributed by atoms with Gasteiger partial charge in [-0.2, -0.15) is 0 Å². The number of hydrogen-bond donors (Lipinski definition) is 3. The number of H-pyrrole nitrogens is 1. The molecule has 0 saturated carbocycles. The average molecular weight is 313 g/mol. The molecule has 0 unspecified atom stereocenters. The van der Waals surface area contributed by atoms with E-state index in [9.17, 15) is 24.6 Å². The molecule has 22 heavy (non-hydrogen) atoms. The second-order valence-electron chi connectivity index (χ2n) is 5.35. The Balaban J connectivity index is 2.12. The highest BCUT2D eigenvalue weighted by Crippen LogP contribution is 2.43. The van der Waals surface area contributed by atoms with Gasteiger partial charge in [0.1, 0.15) is 6.10 Å². The van der Waals surface area contributed by atoms with Gasteiger partial charge in [0.15, 0.2) is 12.3 Å². The summed E-state index contributed by atoms with van der Waals surface area (Å²) < 4.78 is 6.53. The number of aromatic nitrogens is 2. The smallest absolute Gasteiger partial charge is 0.330 e. The summed E-state index contributed by atoms with van der Waals surface area (Å²) in [5.41, 5.74) is -2.97. The molecule has 2 bridgehead atoms. The van der Waals surface area contributed by atoms with Gasteiger partial charge >= 0.3 is 5.69 Å². The van der Waals surface area contributed by atoms with Crippen LogP contribution in [0.3, 0.4) is 0 Å². The maximum Gasteiger partial charge on any atom is 0.330 e. The van der Waals surface area contributed by atoms with Crippen molar-refractivity contribution in [2.24, 2.45) is 0 Å². The Kier molecular flexibility index (Phi) is 3.22. The molecule has 1 amide bonds. The zero-order chi connectivity index (χ0) is 16.2. The normalized spacial score (nSPS) is 34.3. The lowest BCUT2D eigenvalue weighted by Gasteiger charge is -2.36. The Hall–Kier alpha value is -2.01. The second kappa shape index (κ2) is 4.74. The number of amides is 1. The number of rotatable bonds is 2. The average Bonchev–Trinajstić information content (AvgIpc) is 2.69. The summed E-state index contributed by atoms with van der Waals surface area (Å²) in [4.78, 5) is 42.9. The number of hydrogen-bond acceptors (Lipinski definition) is 7. The Morgan fingerprint density at radius 1 is 1.41 bits per heavy atom. The summed E-state index contributed by atoms with van der Waals surface area (Å²) in [6.07, 6.45) is -2.46. The van der Waals surface area contributed by atoms with Crippen LogP contribution in [0.2, 0.25) is 0 Å². The minimum atomic E-state index is -1.90. The predicted octanol–water partition coefficient (Wildman–Crippen LogP) is -2.76. The van der Waals surface area contributed by atoms with Gasteiger partial charge in [-0.05, 0) is 6.92 Å². The largest absolute Gasteiger partial charge is 0.393 e. The minimum absolute atomic E-state index is 0.247. The molecule has 0 radical (unpaired) electrons.